The first kappa shape index (κ1) is 13.1. The highest BCUT2D eigenvalue weighted by Gasteiger charge is 2.01. The van der Waals surface area contributed by atoms with Crippen molar-refractivity contribution in [2.75, 3.05) is 5.32 Å². The van der Waals surface area contributed by atoms with Crippen molar-refractivity contribution < 1.29 is 5.11 Å². The maximum Gasteiger partial charge on any atom is 0.264 e. The van der Waals surface area contributed by atoms with Crippen LogP contribution in [-0.2, 0) is 6.54 Å². The fraction of sp³-hybridized carbons (Fsp3) is 0.0625. The second-order valence-corrected chi connectivity index (χ2v) is 4.77. The van der Waals surface area contributed by atoms with Crippen LogP contribution in [0.1, 0.15) is 5.56 Å². The molecular formula is C16H15N3O2. The van der Waals surface area contributed by atoms with Gasteiger partial charge in [-0.15, -0.1) is 0 Å². The van der Waals surface area contributed by atoms with Gasteiger partial charge in [0, 0.05) is 18.3 Å². The zero-order valence-corrected chi connectivity index (χ0v) is 11.3. The quantitative estimate of drug-likeness (QED) is 0.593. The smallest absolute Gasteiger partial charge is 0.264 e. The molecule has 0 bridgehead atoms. The molecule has 0 saturated heterocycles. The summed E-state index contributed by atoms with van der Waals surface area (Å²) in [5.41, 5.74) is 3.54. The Bertz CT molecular complexity index is 788. The molecule has 0 aliphatic carbocycles. The van der Waals surface area contributed by atoms with Crippen molar-refractivity contribution in [2.24, 2.45) is 0 Å². The van der Waals surface area contributed by atoms with E-state index in [1.165, 1.54) is 6.07 Å². The van der Waals surface area contributed by atoms with Gasteiger partial charge in [-0.05, 0) is 35.4 Å². The number of rotatable bonds is 4. The van der Waals surface area contributed by atoms with E-state index >= 15 is 0 Å². The normalized spacial score (nSPS) is 10.5. The highest BCUT2D eigenvalue weighted by atomic mass is 16.3. The summed E-state index contributed by atoms with van der Waals surface area (Å²) in [6, 6.07) is 16.4. The van der Waals surface area contributed by atoms with Crippen LogP contribution in [0.5, 0.6) is 5.75 Å². The van der Waals surface area contributed by atoms with Crippen molar-refractivity contribution in [3.05, 3.63) is 70.5 Å². The molecule has 0 radical (unpaired) electrons. The maximum atomic E-state index is 11.1. The molecule has 0 spiro atoms. The van der Waals surface area contributed by atoms with E-state index in [4.69, 9.17) is 0 Å². The molecule has 2 aromatic carbocycles. The van der Waals surface area contributed by atoms with Gasteiger partial charge in [0.1, 0.15) is 5.75 Å². The maximum absolute atomic E-state index is 11.1. The van der Waals surface area contributed by atoms with E-state index in [9.17, 15) is 9.90 Å². The predicted molar refractivity (Wildman–Crippen MR) is 82.3 cm³/mol. The minimum atomic E-state index is -0.143. The van der Waals surface area contributed by atoms with Crippen molar-refractivity contribution in [1.82, 2.24) is 10.2 Å². The van der Waals surface area contributed by atoms with E-state index in [0.29, 0.717) is 6.54 Å². The minimum Gasteiger partial charge on any atom is -0.508 e. The van der Waals surface area contributed by atoms with Crippen LogP contribution >= 0.6 is 0 Å². The molecule has 0 atom stereocenters. The lowest BCUT2D eigenvalue weighted by Crippen LogP contribution is -1.98. The van der Waals surface area contributed by atoms with Gasteiger partial charge >= 0.3 is 0 Å². The van der Waals surface area contributed by atoms with Crippen LogP contribution in [-0.4, -0.2) is 15.3 Å². The average molecular weight is 281 g/mol. The molecule has 5 nitrogen and oxygen atoms in total. The van der Waals surface area contributed by atoms with Crippen LogP contribution in [0.15, 0.2) is 59.4 Å². The van der Waals surface area contributed by atoms with Crippen molar-refractivity contribution in [1.29, 1.82) is 0 Å². The van der Waals surface area contributed by atoms with Gasteiger partial charge in [-0.25, -0.2) is 0 Å². The molecule has 0 fully saturated rings. The first-order valence-electron chi connectivity index (χ1n) is 6.60. The van der Waals surface area contributed by atoms with Gasteiger partial charge in [-0.2, -0.15) is 0 Å². The third-order valence-corrected chi connectivity index (χ3v) is 3.20. The second kappa shape index (κ2) is 5.58. The molecule has 1 heterocycles. The van der Waals surface area contributed by atoms with Crippen LogP contribution in [0.25, 0.3) is 11.3 Å². The summed E-state index contributed by atoms with van der Waals surface area (Å²) in [6.07, 6.45) is 0. The van der Waals surface area contributed by atoms with Crippen molar-refractivity contribution in [2.45, 2.75) is 6.54 Å². The number of hydrogen-bond acceptors (Lipinski definition) is 3. The fourth-order valence-corrected chi connectivity index (χ4v) is 2.13. The molecule has 1 aromatic heterocycles. The first-order chi connectivity index (χ1) is 10.2. The van der Waals surface area contributed by atoms with Gasteiger partial charge in [-0.3, -0.25) is 15.0 Å². The van der Waals surface area contributed by atoms with Gasteiger partial charge in [0.2, 0.25) is 0 Å². The van der Waals surface area contributed by atoms with Crippen molar-refractivity contribution >= 4 is 5.69 Å². The van der Waals surface area contributed by atoms with Gasteiger partial charge in [0.15, 0.2) is 0 Å². The van der Waals surface area contributed by atoms with E-state index < -0.39 is 0 Å². The zero-order chi connectivity index (χ0) is 14.7. The van der Waals surface area contributed by atoms with E-state index in [0.717, 1.165) is 22.5 Å². The summed E-state index contributed by atoms with van der Waals surface area (Å²) < 4.78 is 0. The lowest BCUT2D eigenvalue weighted by atomic mass is 10.1. The van der Waals surface area contributed by atoms with Crippen LogP contribution < -0.4 is 10.9 Å². The van der Waals surface area contributed by atoms with Crippen molar-refractivity contribution in [3.63, 3.8) is 0 Å². The van der Waals surface area contributed by atoms with E-state index in [1.54, 1.807) is 12.1 Å². The number of phenols is 1. The number of phenolic OH excluding ortho intramolecular Hbond substituents is 1. The Morgan fingerprint density at radius 1 is 1.00 bits per heavy atom. The van der Waals surface area contributed by atoms with E-state index in [2.05, 4.69) is 15.5 Å². The first-order valence-corrected chi connectivity index (χ1v) is 6.60. The summed E-state index contributed by atoms with van der Waals surface area (Å²) in [4.78, 5) is 11.1. The third kappa shape index (κ3) is 3.14. The Morgan fingerprint density at radius 3 is 2.48 bits per heavy atom. The summed E-state index contributed by atoms with van der Waals surface area (Å²) in [5, 5.41) is 18.0. The second-order valence-electron chi connectivity index (χ2n) is 4.77. The van der Waals surface area contributed by atoms with Crippen molar-refractivity contribution in [3.8, 4) is 17.0 Å². The molecule has 3 aromatic rings. The number of nitrogens with one attached hydrogen (secondary N) is 3. The summed E-state index contributed by atoms with van der Waals surface area (Å²) in [6.45, 7) is 0.634. The molecule has 0 amide bonds. The number of anilines is 1. The Morgan fingerprint density at radius 2 is 1.81 bits per heavy atom. The topological polar surface area (TPSA) is 80.9 Å². The molecule has 21 heavy (non-hydrogen) atoms. The van der Waals surface area contributed by atoms with Crippen LogP contribution in [0, 0.1) is 0 Å². The zero-order valence-electron chi connectivity index (χ0n) is 11.3. The molecule has 3 rings (SSSR count). The number of aromatic amines is 2. The highest BCUT2D eigenvalue weighted by molar-refractivity contribution is 5.62. The molecule has 4 N–H and O–H groups in total. The summed E-state index contributed by atoms with van der Waals surface area (Å²) >= 11 is 0. The number of hydrogen-bond donors (Lipinski definition) is 4. The summed E-state index contributed by atoms with van der Waals surface area (Å²) in [5.74, 6) is 0.265. The number of aromatic hydroxyl groups is 1. The highest BCUT2D eigenvalue weighted by Crippen LogP contribution is 2.19. The Balaban J connectivity index is 1.68. The van der Waals surface area contributed by atoms with Crippen LogP contribution in [0.2, 0.25) is 0 Å². The third-order valence-electron chi connectivity index (χ3n) is 3.20. The Hall–Kier alpha value is -2.95. The number of aromatic nitrogens is 2. The van der Waals surface area contributed by atoms with Gasteiger partial charge in [0.05, 0.1) is 5.69 Å². The van der Waals surface area contributed by atoms with Crippen LogP contribution in [0.4, 0.5) is 5.69 Å². The molecular weight excluding hydrogens is 266 g/mol. The molecule has 0 aliphatic rings. The minimum absolute atomic E-state index is 0.143. The lowest BCUT2D eigenvalue weighted by molar-refractivity contribution is 0.474. The van der Waals surface area contributed by atoms with Gasteiger partial charge in [-0.1, -0.05) is 24.3 Å². The molecule has 0 unspecified atom stereocenters. The predicted octanol–water partition coefficient (Wildman–Crippen LogP) is 2.69. The number of benzene rings is 2. The van der Waals surface area contributed by atoms with Crippen LogP contribution in [0.3, 0.4) is 0 Å². The van der Waals surface area contributed by atoms with Gasteiger partial charge in [0.25, 0.3) is 5.56 Å². The molecule has 5 heteroatoms. The molecule has 0 aliphatic heterocycles. The van der Waals surface area contributed by atoms with Gasteiger partial charge < -0.3 is 10.4 Å². The standard InChI is InChI=1S/C16H15N3O2/c20-14-3-1-2-11(8-14)10-17-13-6-4-12(5-7-13)15-9-16(21)19-18-15/h1-9,17,20H,10H2,(H2,18,19,21). The SMILES string of the molecule is O=c1cc(-c2ccc(NCc3cccc(O)c3)cc2)[nH][nH]1. The van der Waals surface area contributed by atoms with E-state index in [1.807, 2.05) is 36.4 Å². The largest absolute Gasteiger partial charge is 0.508 e. The monoisotopic (exact) mass is 281 g/mol. The molecule has 0 saturated carbocycles. The lowest BCUT2D eigenvalue weighted by Gasteiger charge is -2.07. The average Bonchev–Trinajstić information content (AvgIpc) is 2.92. The van der Waals surface area contributed by atoms with E-state index in [-0.39, 0.29) is 11.3 Å². The molecule has 106 valence electrons. The Kier molecular flexibility index (Phi) is 3.47. The summed E-state index contributed by atoms with van der Waals surface area (Å²) in [7, 11) is 0. The fourth-order valence-electron chi connectivity index (χ4n) is 2.13. The Labute approximate surface area is 121 Å². The number of H-pyrrole nitrogens is 2.